The summed E-state index contributed by atoms with van der Waals surface area (Å²) in [5.41, 5.74) is 2.42. The van der Waals surface area contributed by atoms with E-state index in [-0.39, 0.29) is 18.1 Å². The summed E-state index contributed by atoms with van der Waals surface area (Å²) in [6.07, 6.45) is 2.93. The van der Waals surface area contributed by atoms with E-state index in [9.17, 15) is 0 Å². The van der Waals surface area contributed by atoms with Crippen molar-refractivity contribution in [1.82, 2.24) is 4.90 Å². The molecule has 2 aliphatic rings. The summed E-state index contributed by atoms with van der Waals surface area (Å²) in [5.74, 6) is 1.39. The Hall–Kier alpha value is -1.72. The average molecular weight is 714 g/mol. The molecule has 1 saturated carbocycles. The maximum atomic E-state index is 6.80. The lowest BCUT2D eigenvalue weighted by Gasteiger charge is -2.42. The number of likely N-dealkylation sites (tertiary alicyclic amines) is 1. The third-order valence-electron chi connectivity index (χ3n) is 9.12. The number of benzene rings is 3. The molecular formula is C37H48Cl2NO3SSi2. The van der Waals surface area contributed by atoms with Crippen molar-refractivity contribution in [2.24, 2.45) is 5.92 Å². The first-order valence-corrected chi connectivity index (χ1v) is 22.7. The molecule has 5 rings (SSSR count). The number of hydrogen-bond acceptors (Lipinski definition) is 4. The van der Waals surface area contributed by atoms with Crippen molar-refractivity contribution in [3.63, 3.8) is 0 Å². The van der Waals surface area contributed by atoms with Gasteiger partial charge in [-0.2, -0.15) is 0 Å². The first kappa shape index (κ1) is 35.6. The van der Waals surface area contributed by atoms with Crippen molar-refractivity contribution in [1.29, 1.82) is 0 Å². The molecule has 3 aromatic rings. The molecule has 2 fully saturated rings. The molecular weight excluding hydrogens is 666 g/mol. The van der Waals surface area contributed by atoms with Crippen molar-refractivity contribution in [3.8, 4) is 5.75 Å². The Balaban J connectivity index is 1.18. The summed E-state index contributed by atoms with van der Waals surface area (Å²) < 4.78 is 18.7. The second-order valence-electron chi connectivity index (χ2n) is 15.0. The molecule has 247 valence electrons. The predicted molar refractivity (Wildman–Crippen MR) is 202 cm³/mol. The number of nitrogens with zero attached hydrogens (tertiary/aromatic N) is 1. The highest BCUT2D eigenvalue weighted by Gasteiger charge is 2.41. The van der Waals surface area contributed by atoms with Crippen LogP contribution in [-0.2, 0) is 14.6 Å². The van der Waals surface area contributed by atoms with Gasteiger partial charge in [0.1, 0.15) is 5.75 Å². The van der Waals surface area contributed by atoms with Crippen LogP contribution < -0.4 is 15.1 Å². The molecule has 0 N–H and O–H groups in total. The monoisotopic (exact) mass is 712 g/mol. The van der Waals surface area contributed by atoms with Gasteiger partial charge in [0.15, 0.2) is 6.79 Å². The van der Waals surface area contributed by atoms with Gasteiger partial charge in [-0.05, 0) is 58.3 Å². The largest absolute Gasteiger partial charge is 0.467 e. The smallest absolute Gasteiger partial charge is 0.282 e. The van der Waals surface area contributed by atoms with Gasteiger partial charge in [0.25, 0.3) is 9.04 Å². The van der Waals surface area contributed by atoms with Gasteiger partial charge in [-0.15, -0.1) is 0 Å². The third-order valence-corrected chi connectivity index (χ3v) is 14.2. The van der Waals surface area contributed by atoms with Gasteiger partial charge in [-0.1, -0.05) is 130 Å². The van der Waals surface area contributed by atoms with Crippen LogP contribution in [0.25, 0.3) is 0 Å². The second kappa shape index (κ2) is 15.2. The SMILES string of the molecule is CC(C)(C)c1ccc([Si](OCC2CC(N3CC(c4c(OCOCC[Si](C)(C)C)ccc(Cl)c4Cl)CC3=S)C2)c2ccccc2)cc1. The highest BCUT2D eigenvalue weighted by Crippen LogP contribution is 2.45. The van der Waals surface area contributed by atoms with E-state index < -0.39 is 17.1 Å². The minimum Gasteiger partial charge on any atom is -0.467 e. The molecule has 9 heteroatoms. The van der Waals surface area contributed by atoms with Gasteiger partial charge < -0.3 is 18.8 Å². The van der Waals surface area contributed by atoms with Crippen LogP contribution in [0.2, 0.25) is 35.7 Å². The maximum absolute atomic E-state index is 6.80. The summed E-state index contributed by atoms with van der Waals surface area (Å²) in [6.45, 7) is 16.3. The average Bonchev–Trinajstić information content (AvgIpc) is 3.35. The molecule has 3 aromatic carbocycles. The molecule has 0 bridgehead atoms. The fourth-order valence-corrected chi connectivity index (χ4v) is 9.90. The zero-order valence-corrected chi connectivity index (χ0v) is 32.4. The number of rotatable bonds is 13. The zero-order valence-electron chi connectivity index (χ0n) is 28.1. The van der Waals surface area contributed by atoms with Crippen molar-refractivity contribution in [2.45, 2.75) is 83.1 Å². The number of ether oxygens (including phenoxy) is 2. The van der Waals surface area contributed by atoms with E-state index in [1.54, 1.807) is 6.07 Å². The standard InChI is InChI=1S/C37H48Cl2NO3SSi2/c1-37(2,3)28-12-14-31(15-13-28)45(30-10-8-7-9-11-30)43-24-26-20-29(21-26)40-23-27(22-34(40)44)35-33(17-16-32(38)36(35)39)42-25-41-18-19-46(4,5)6/h7-17,26-27,29H,18-25H2,1-6H3. The number of halogens is 2. The Morgan fingerprint density at radius 3 is 2.26 bits per heavy atom. The Labute approximate surface area is 294 Å². The van der Waals surface area contributed by atoms with Gasteiger partial charge in [0.05, 0.1) is 15.0 Å². The summed E-state index contributed by atoms with van der Waals surface area (Å²) in [5, 5.41) is 3.68. The molecule has 1 radical (unpaired) electrons. The van der Waals surface area contributed by atoms with Crippen molar-refractivity contribution < 1.29 is 13.9 Å². The lowest BCUT2D eigenvalue weighted by Crippen LogP contribution is -2.49. The minimum absolute atomic E-state index is 0.128. The van der Waals surface area contributed by atoms with Crippen LogP contribution in [0.4, 0.5) is 0 Å². The van der Waals surface area contributed by atoms with Crippen LogP contribution in [0, 0.1) is 5.92 Å². The Kier molecular flexibility index (Phi) is 11.8. The van der Waals surface area contributed by atoms with Crippen LogP contribution in [0.3, 0.4) is 0 Å². The van der Waals surface area contributed by atoms with Gasteiger partial charge in [0.2, 0.25) is 0 Å². The second-order valence-corrected chi connectivity index (χ2v) is 24.0. The summed E-state index contributed by atoms with van der Waals surface area (Å²) in [6, 6.07) is 25.0. The van der Waals surface area contributed by atoms with Gasteiger partial charge >= 0.3 is 0 Å². The van der Waals surface area contributed by atoms with Crippen LogP contribution in [0.5, 0.6) is 5.75 Å². The Morgan fingerprint density at radius 2 is 1.61 bits per heavy atom. The third kappa shape index (κ3) is 9.04. The molecule has 1 unspecified atom stereocenters. The Morgan fingerprint density at radius 1 is 0.935 bits per heavy atom. The lowest BCUT2D eigenvalue weighted by molar-refractivity contribution is 0.0212. The maximum Gasteiger partial charge on any atom is 0.282 e. The van der Waals surface area contributed by atoms with Gasteiger partial charge in [-0.25, -0.2) is 0 Å². The molecule has 1 atom stereocenters. The van der Waals surface area contributed by atoms with Crippen molar-refractivity contribution >= 4 is 67.9 Å². The van der Waals surface area contributed by atoms with Crippen molar-refractivity contribution in [3.05, 3.63) is 87.9 Å². The van der Waals surface area contributed by atoms with E-state index in [1.165, 1.54) is 15.9 Å². The normalized spacial score (nSPS) is 20.3. The van der Waals surface area contributed by atoms with E-state index >= 15 is 0 Å². The molecule has 0 amide bonds. The zero-order chi connectivity index (χ0) is 33.1. The van der Waals surface area contributed by atoms with Crippen LogP contribution >= 0.6 is 35.4 Å². The predicted octanol–water partition coefficient (Wildman–Crippen LogP) is 8.70. The summed E-state index contributed by atoms with van der Waals surface area (Å²) in [7, 11) is -2.50. The molecule has 1 aliphatic carbocycles. The molecule has 0 spiro atoms. The highest BCUT2D eigenvalue weighted by atomic mass is 35.5. The molecule has 46 heavy (non-hydrogen) atoms. The first-order chi connectivity index (χ1) is 21.8. The van der Waals surface area contributed by atoms with E-state index in [0.29, 0.717) is 28.6 Å². The van der Waals surface area contributed by atoms with Crippen molar-refractivity contribution in [2.75, 3.05) is 26.6 Å². The number of thiocarbonyl (C=S) groups is 1. The van der Waals surface area contributed by atoms with Crippen LogP contribution in [-0.4, -0.2) is 59.6 Å². The van der Waals surface area contributed by atoms with E-state index in [1.807, 2.05) is 6.07 Å². The first-order valence-electron chi connectivity index (χ1n) is 16.4. The molecule has 1 aliphatic heterocycles. The molecule has 0 aromatic heterocycles. The van der Waals surface area contributed by atoms with Crippen LogP contribution in [0.1, 0.15) is 57.1 Å². The van der Waals surface area contributed by atoms with E-state index in [2.05, 4.69) is 99.9 Å². The topological polar surface area (TPSA) is 30.9 Å². The fourth-order valence-electron chi connectivity index (χ4n) is 6.21. The highest BCUT2D eigenvalue weighted by molar-refractivity contribution is 7.80. The molecule has 1 saturated heterocycles. The quantitative estimate of drug-likeness (QED) is 0.0766. The molecule has 1 heterocycles. The number of hydrogen-bond donors (Lipinski definition) is 0. The lowest BCUT2D eigenvalue weighted by atomic mass is 9.80. The summed E-state index contributed by atoms with van der Waals surface area (Å²) in [4.78, 5) is 3.41. The van der Waals surface area contributed by atoms with Gasteiger partial charge in [0, 0.05) is 51.8 Å². The van der Waals surface area contributed by atoms with E-state index in [0.717, 1.165) is 54.8 Å². The van der Waals surface area contributed by atoms with Gasteiger partial charge in [-0.3, -0.25) is 0 Å². The molecule has 4 nitrogen and oxygen atoms in total. The Bertz CT molecular complexity index is 1470. The summed E-state index contributed by atoms with van der Waals surface area (Å²) >= 11 is 19.2. The minimum atomic E-state index is -1.34. The van der Waals surface area contributed by atoms with Crippen LogP contribution in [0.15, 0.2) is 66.7 Å². The fraction of sp³-hybridized carbons (Fsp3) is 0.486. The van der Waals surface area contributed by atoms with E-state index in [4.69, 9.17) is 49.3 Å².